The average molecular weight is 364 g/mol. The van der Waals surface area contributed by atoms with Crippen LogP contribution in [-0.4, -0.2) is 29.8 Å². The molecule has 1 aliphatic rings. The molecule has 2 aromatic rings. The third-order valence-electron chi connectivity index (χ3n) is 3.55. The Labute approximate surface area is 146 Å². The molecule has 25 heavy (non-hydrogen) atoms. The van der Waals surface area contributed by atoms with Gasteiger partial charge in [0.1, 0.15) is 6.54 Å². The fourth-order valence-corrected chi connectivity index (χ4v) is 2.95. The van der Waals surface area contributed by atoms with Crippen molar-refractivity contribution in [1.29, 1.82) is 0 Å². The number of fused-ring (bicyclic) bond motifs is 1. The highest BCUT2D eigenvalue weighted by Gasteiger charge is 2.14. The number of aromatic nitrogens is 1. The van der Waals surface area contributed by atoms with Crippen LogP contribution in [0.15, 0.2) is 28.4 Å². The molecule has 3 rings (SSSR count). The van der Waals surface area contributed by atoms with Gasteiger partial charge in [-0.25, -0.2) is 0 Å². The van der Waals surface area contributed by atoms with Crippen LogP contribution in [0, 0.1) is 6.92 Å². The van der Waals surface area contributed by atoms with Gasteiger partial charge in [-0.15, -0.1) is 0 Å². The Hall–Kier alpha value is -2.81. The molecular weight excluding hydrogens is 348 g/mol. The van der Waals surface area contributed by atoms with Crippen LogP contribution in [0.4, 0.5) is 0 Å². The predicted octanol–water partition coefficient (Wildman–Crippen LogP) is 0.807. The molecule has 0 radical (unpaired) electrons. The number of ether oxygens (including phenoxy) is 3. The van der Waals surface area contributed by atoms with Gasteiger partial charge in [-0.1, -0.05) is 17.4 Å². The maximum atomic E-state index is 11.8. The van der Waals surface area contributed by atoms with Gasteiger partial charge >= 0.3 is 10.8 Å². The molecule has 8 nitrogen and oxygen atoms in total. The van der Waals surface area contributed by atoms with Crippen molar-refractivity contribution in [3.05, 3.63) is 44.5 Å². The largest absolute Gasteiger partial charge is 0.454 e. The van der Waals surface area contributed by atoms with E-state index in [2.05, 4.69) is 5.32 Å². The lowest BCUT2D eigenvalue weighted by Gasteiger charge is -2.08. The molecule has 0 unspecified atom stereocenters. The molecule has 1 N–H and O–H groups in total. The number of benzene rings is 1. The second-order valence-corrected chi connectivity index (χ2v) is 6.17. The Morgan fingerprint density at radius 3 is 2.88 bits per heavy atom. The zero-order valence-electron chi connectivity index (χ0n) is 13.4. The van der Waals surface area contributed by atoms with E-state index in [0.717, 1.165) is 16.9 Å². The number of esters is 1. The van der Waals surface area contributed by atoms with Gasteiger partial charge in [0.05, 0.1) is 0 Å². The number of thiazole rings is 1. The molecular formula is C16H16N2O6S. The minimum Gasteiger partial charge on any atom is -0.454 e. The van der Waals surface area contributed by atoms with Crippen LogP contribution in [-0.2, 0) is 27.4 Å². The second-order valence-electron chi connectivity index (χ2n) is 5.35. The van der Waals surface area contributed by atoms with Crippen LogP contribution >= 0.6 is 11.3 Å². The first-order valence-corrected chi connectivity index (χ1v) is 8.36. The number of amides is 1. The molecule has 0 saturated heterocycles. The van der Waals surface area contributed by atoms with Crippen LogP contribution in [0.1, 0.15) is 11.3 Å². The Kier molecular flexibility index (Phi) is 5.03. The lowest BCUT2D eigenvalue weighted by Crippen LogP contribution is -2.30. The van der Waals surface area contributed by atoms with Crippen molar-refractivity contribution in [2.24, 2.45) is 0 Å². The average Bonchev–Trinajstić information content (AvgIpc) is 3.19. The van der Waals surface area contributed by atoms with E-state index in [1.807, 2.05) is 6.07 Å². The lowest BCUT2D eigenvalue weighted by molar-refractivity contribution is -0.149. The van der Waals surface area contributed by atoms with E-state index in [9.17, 15) is 14.4 Å². The molecule has 0 saturated carbocycles. The molecule has 1 aromatic carbocycles. The normalized spacial score (nSPS) is 12.0. The molecule has 1 aliphatic heterocycles. The van der Waals surface area contributed by atoms with Gasteiger partial charge in [-0.2, -0.15) is 0 Å². The van der Waals surface area contributed by atoms with E-state index < -0.39 is 18.5 Å². The van der Waals surface area contributed by atoms with Crippen molar-refractivity contribution in [2.75, 3.05) is 13.4 Å². The van der Waals surface area contributed by atoms with Gasteiger partial charge in [0.15, 0.2) is 18.1 Å². The van der Waals surface area contributed by atoms with Crippen molar-refractivity contribution in [1.82, 2.24) is 9.88 Å². The number of hydrogen-bond donors (Lipinski definition) is 1. The number of carbonyl (C=O) groups excluding carboxylic acids is 2. The number of rotatable bonds is 6. The minimum atomic E-state index is -0.637. The monoisotopic (exact) mass is 364 g/mol. The first-order valence-electron chi connectivity index (χ1n) is 7.48. The first-order chi connectivity index (χ1) is 12.0. The van der Waals surface area contributed by atoms with Crippen molar-refractivity contribution < 1.29 is 23.8 Å². The Balaban J connectivity index is 1.43. The standard InChI is InChI=1S/C16H16N2O6S/c1-10-8-25-16(21)18(10)6-15(20)22-7-14(19)17-5-11-2-3-12-13(4-11)24-9-23-12/h2-4,8H,5-7,9H2,1H3,(H,17,19). The minimum absolute atomic E-state index is 0.188. The Morgan fingerprint density at radius 1 is 1.32 bits per heavy atom. The summed E-state index contributed by atoms with van der Waals surface area (Å²) in [6, 6.07) is 5.36. The summed E-state index contributed by atoms with van der Waals surface area (Å²) >= 11 is 1.01. The third kappa shape index (κ3) is 4.18. The van der Waals surface area contributed by atoms with Crippen molar-refractivity contribution in [3.8, 4) is 11.5 Å². The van der Waals surface area contributed by atoms with Crippen LogP contribution in [0.25, 0.3) is 0 Å². The summed E-state index contributed by atoms with van der Waals surface area (Å²) in [5.41, 5.74) is 1.52. The van der Waals surface area contributed by atoms with Gasteiger partial charge in [-0.05, 0) is 24.6 Å². The maximum Gasteiger partial charge on any atom is 0.326 e. The van der Waals surface area contributed by atoms with Crippen molar-refractivity contribution in [2.45, 2.75) is 20.0 Å². The van der Waals surface area contributed by atoms with Crippen LogP contribution in [0.2, 0.25) is 0 Å². The Morgan fingerprint density at radius 2 is 2.12 bits per heavy atom. The van der Waals surface area contributed by atoms with Gasteiger partial charge in [-0.3, -0.25) is 19.0 Å². The van der Waals surface area contributed by atoms with E-state index in [-0.39, 0.29) is 24.8 Å². The predicted molar refractivity (Wildman–Crippen MR) is 88.7 cm³/mol. The Bertz CT molecular complexity index is 857. The van der Waals surface area contributed by atoms with Gasteiger partial charge in [0.2, 0.25) is 6.79 Å². The molecule has 0 fully saturated rings. The SMILES string of the molecule is Cc1csc(=O)n1CC(=O)OCC(=O)NCc1ccc2c(c1)OCO2. The maximum absolute atomic E-state index is 11.8. The number of nitrogens with one attached hydrogen (secondary N) is 1. The second kappa shape index (κ2) is 7.39. The van der Waals surface area contributed by atoms with E-state index in [1.54, 1.807) is 24.4 Å². The molecule has 9 heteroatoms. The molecule has 0 bridgehead atoms. The van der Waals surface area contributed by atoms with Crippen molar-refractivity contribution >= 4 is 23.2 Å². The van der Waals surface area contributed by atoms with E-state index in [4.69, 9.17) is 14.2 Å². The van der Waals surface area contributed by atoms with Crippen LogP contribution in [0.3, 0.4) is 0 Å². The number of aryl methyl sites for hydroxylation is 1. The smallest absolute Gasteiger partial charge is 0.326 e. The molecule has 0 atom stereocenters. The summed E-state index contributed by atoms with van der Waals surface area (Å²) in [4.78, 5) is 34.8. The molecule has 1 amide bonds. The van der Waals surface area contributed by atoms with Gasteiger partial charge < -0.3 is 19.5 Å². The fourth-order valence-electron chi connectivity index (χ4n) is 2.22. The highest BCUT2D eigenvalue weighted by molar-refractivity contribution is 7.07. The van der Waals surface area contributed by atoms with E-state index in [1.165, 1.54) is 4.57 Å². The summed E-state index contributed by atoms with van der Waals surface area (Å²) in [6.07, 6.45) is 0. The molecule has 1 aromatic heterocycles. The summed E-state index contributed by atoms with van der Waals surface area (Å²) < 4.78 is 16.7. The van der Waals surface area contributed by atoms with E-state index in [0.29, 0.717) is 17.2 Å². The van der Waals surface area contributed by atoms with Crippen LogP contribution in [0.5, 0.6) is 11.5 Å². The zero-order valence-corrected chi connectivity index (χ0v) is 14.3. The molecule has 2 heterocycles. The van der Waals surface area contributed by atoms with E-state index >= 15 is 0 Å². The quantitative estimate of drug-likeness (QED) is 0.762. The summed E-state index contributed by atoms with van der Waals surface area (Å²) in [7, 11) is 0. The number of nitrogens with zero attached hydrogens (tertiary/aromatic N) is 1. The highest BCUT2D eigenvalue weighted by Crippen LogP contribution is 2.32. The van der Waals surface area contributed by atoms with Gasteiger partial charge in [0.25, 0.3) is 5.91 Å². The lowest BCUT2D eigenvalue weighted by atomic mass is 10.2. The summed E-state index contributed by atoms with van der Waals surface area (Å²) in [5, 5.41) is 4.31. The summed E-state index contributed by atoms with van der Waals surface area (Å²) in [6.45, 7) is 1.58. The first kappa shape index (κ1) is 17.0. The van der Waals surface area contributed by atoms with Gasteiger partial charge in [0, 0.05) is 17.6 Å². The third-order valence-corrected chi connectivity index (χ3v) is 4.44. The van der Waals surface area contributed by atoms with Crippen molar-refractivity contribution in [3.63, 3.8) is 0 Å². The fraction of sp³-hybridized carbons (Fsp3) is 0.312. The zero-order chi connectivity index (χ0) is 17.8. The topological polar surface area (TPSA) is 95.9 Å². The molecule has 0 spiro atoms. The number of carbonyl (C=O) groups is 2. The highest BCUT2D eigenvalue weighted by atomic mass is 32.1. The number of hydrogen-bond acceptors (Lipinski definition) is 7. The summed E-state index contributed by atoms with van der Waals surface area (Å²) in [5.74, 6) is 0.236. The molecule has 132 valence electrons. The van der Waals surface area contributed by atoms with Crippen LogP contribution < -0.4 is 19.7 Å². The molecule has 0 aliphatic carbocycles.